The Labute approximate surface area is 168 Å². The standard InChI is InChI=1S/C19H27N5.HI/c1-15(2)14-24-9-7-18(8-10-24)23-19(21-3)22-13-17-6-4-5-16(11-17)12-20;/h4-6,11,18H,1,7-10,13-14H2,2-3H3,(H2,21,22,23);1H. The number of nitrogens with one attached hydrogen (secondary N) is 2. The predicted octanol–water partition coefficient (Wildman–Crippen LogP) is 2.88. The van der Waals surface area contributed by atoms with E-state index in [9.17, 15) is 0 Å². The van der Waals surface area contributed by atoms with Gasteiger partial charge >= 0.3 is 0 Å². The summed E-state index contributed by atoms with van der Waals surface area (Å²) in [6, 6.07) is 10.2. The molecule has 2 N–H and O–H groups in total. The lowest BCUT2D eigenvalue weighted by atomic mass is 10.0. The van der Waals surface area contributed by atoms with Crippen LogP contribution >= 0.6 is 24.0 Å². The summed E-state index contributed by atoms with van der Waals surface area (Å²) in [7, 11) is 1.79. The summed E-state index contributed by atoms with van der Waals surface area (Å²) in [6.07, 6.45) is 2.22. The zero-order valence-corrected chi connectivity index (χ0v) is 17.4. The second kappa shape index (κ2) is 11.1. The van der Waals surface area contributed by atoms with Gasteiger partial charge in [0.1, 0.15) is 0 Å². The van der Waals surface area contributed by atoms with Crippen molar-refractivity contribution in [1.29, 1.82) is 5.26 Å². The molecule has 1 saturated heterocycles. The van der Waals surface area contributed by atoms with Crippen LogP contribution in [0.5, 0.6) is 0 Å². The Morgan fingerprint density at radius 2 is 2.12 bits per heavy atom. The zero-order valence-electron chi connectivity index (χ0n) is 15.1. The van der Waals surface area contributed by atoms with E-state index < -0.39 is 0 Å². The van der Waals surface area contributed by atoms with Crippen LogP contribution in [0, 0.1) is 11.3 Å². The second-order valence-electron chi connectivity index (χ2n) is 6.39. The maximum atomic E-state index is 8.96. The van der Waals surface area contributed by atoms with Gasteiger partial charge in [0.25, 0.3) is 0 Å². The van der Waals surface area contributed by atoms with E-state index in [1.165, 1.54) is 5.57 Å². The molecular formula is C19H28IN5. The number of benzene rings is 1. The molecule has 1 fully saturated rings. The van der Waals surface area contributed by atoms with Gasteiger partial charge in [-0.3, -0.25) is 9.89 Å². The summed E-state index contributed by atoms with van der Waals surface area (Å²) in [5.74, 6) is 0.815. The molecule has 1 heterocycles. The van der Waals surface area contributed by atoms with Gasteiger partial charge in [-0.25, -0.2) is 0 Å². The molecule has 1 aromatic rings. The van der Waals surface area contributed by atoms with E-state index in [4.69, 9.17) is 5.26 Å². The van der Waals surface area contributed by atoms with Crippen LogP contribution in [-0.2, 0) is 6.54 Å². The minimum Gasteiger partial charge on any atom is -0.354 e. The van der Waals surface area contributed by atoms with Crippen molar-refractivity contribution in [3.8, 4) is 6.07 Å². The van der Waals surface area contributed by atoms with Crippen LogP contribution in [-0.4, -0.2) is 43.6 Å². The normalized spacial score (nSPS) is 15.8. The largest absolute Gasteiger partial charge is 0.354 e. The molecule has 136 valence electrons. The maximum absolute atomic E-state index is 8.96. The zero-order chi connectivity index (χ0) is 17.4. The molecule has 1 aliphatic rings. The highest BCUT2D eigenvalue weighted by atomic mass is 127. The number of nitriles is 1. The van der Waals surface area contributed by atoms with Crippen LogP contribution in [0.1, 0.15) is 30.9 Å². The van der Waals surface area contributed by atoms with Crippen LogP contribution in [0.25, 0.3) is 0 Å². The van der Waals surface area contributed by atoms with Crippen molar-refractivity contribution in [2.45, 2.75) is 32.4 Å². The molecule has 1 aromatic carbocycles. The molecule has 0 bridgehead atoms. The van der Waals surface area contributed by atoms with Crippen molar-refractivity contribution in [3.63, 3.8) is 0 Å². The van der Waals surface area contributed by atoms with Crippen LogP contribution in [0.4, 0.5) is 0 Å². The monoisotopic (exact) mass is 453 g/mol. The van der Waals surface area contributed by atoms with Crippen molar-refractivity contribution in [3.05, 3.63) is 47.5 Å². The van der Waals surface area contributed by atoms with Gasteiger partial charge < -0.3 is 10.6 Å². The Kier molecular flexibility index (Phi) is 9.53. The number of hydrogen-bond acceptors (Lipinski definition) is 3. The quantitative estimate of drug-likeness (QED) is 0.312. The van der Waals surface area contributed by atoms with Crippen LogP contribution in [0.3, 0.4) is 0 Å². The first-order chi connectivity index (χ1) is 11.6. The van der Waals surface area contributed by atoms with Gasteiger partial charge in [0.2, 0.25) is 0 Å². The van der Waals surface area contributed by atoms with Crippen molar-refractivity contribution in [2.24, 2.45) is 4.99 Å². The highest BCUT2D eigenvalue weighted by Gasteiger charge is 2.19. The number of halogens is 1. The van der Waals surface area contributed by atoms with Gasteiger partial charge in [-0.1, -0.05) is 24.3 Å². The number of likely N-dealkylation sites (tertiary alicyclic amines) is 1. The molecule has 0 aliphatic carbocycles. The average molecular weight is 453 g/mol. The highest BCUT2D eigenvalue weighted by Crippen LogP contribution is 2.11. The molecule has 0 saturated carbocycles. The smallest absolute Gasteiger partial charge is 0.191 e. The van der Waals surface area contributed by atoms with Crippen molar-refractivity contribution in [2.75, 3.05) is 26.7 Å². The number of aliphatic imine (C=N–C) groups is 1. The Hall–Kier alpha value is -1.59. The number of rotatable bonds is 5. The summed E-state index contributed by atoms with van der Waals surface area (Å²) < 4.78 is 0. The van der Waals surface area contributed by atoms with Crippen LogP contribution < -0.4 is 10.6 Å². The molecule has 6 heteroatoms. The van der Waals surface area contributed by atoms with E-state index in [-0.39, 0.29) is 24.0 Å². The first-order valence-electron chi connectivity index (χ1n) is 8.43. The SMILES string of the molecule is C=C(C)CN1CCC(NC(=NC)NCc2cccc(C#N)c2)CC1.I. The van der Waals surface area contributed by atoms with E-state index >= 15 is 0 Å². The third-order valence-electron chi connectivity index (χ3n) is 4.16. The van der Waals surface area contributed by atoms with E-state index in [1.807, 2.05) is 24.3 Å². The number of hydrogen-bond donors (Lipinski definition) is 2. The summed E-state index contributed by atoms with van der Waals surface area (Å²) in [5, 5.41) is 15.8. The first kappa shape index (κ1) is 21.5. The van der Waals surface area contributed by atoms with E-state index in [2.05, 4.69) is 40.1 Å². The van der Waals surface area contributed by atoms with E-state index in [1.54, 1.807) is 7.05 Å². The van der Waals surface area contributed by atoms with Gasteiger partial charge in [0.05, 0.1) is 11.6 Å². The summed E-state index contributed by atoms with van der Waals surface area (Å²) in [5.41, 5.74) is 2.98. The molecule has 2 rings (SSSR count). The predicted molar refractivity (Wildman–Crippen MR) is 114 cm³/mol. The van der Waals surface area contributed by atoms with Gasteiger partial charge in [0, 0.05) is 39.3 Å². The summed E-state index contributed by atoms with van der Waals surface area (Å²) in [6.45, 7) is 9.90. The molecule has 0 aromatic heterocycles. The molecule has 0 atom stereocenters. The van der Waals surface area contributed by atoms with Crippen LogP contribution in [0.15, 0.2) is 41.4 Å². The highest BCUT2D eigenvalue weighted by molar-refractivity contribution is 14.0. The molecule has 0 amide bonds. The molecule has 0 unspecified atom stereocenters. The topological polar surface area (TPSA) is 63.4 Å². The first-order valence-corrected chi connectivity index (χ1v) is 8.43. The van der Waals surface area contributed by atoms with Gasteiger partial charge in [-0.05, 0) is 37.5 Å². The molecule has 5 nitrogen and oxygen atoms in total. The summed E-state index contributed by atoms with van der Waals surface area (Å²) >= 11 is 0. The summed E-state index contributed by atoms with van der Waals surface area (Å²) in [4.78, 5) is 6.76. The molecule has 0 radical (unpaired) electrons. The molecular weight excluding hydrogens is 425 g/mol. The lowest BCUT2D eigenvalue weighted by Crippen LogP contribution is -2.48. The van der Waals surface area contributed by atoms with Gasteiger partial charge in [-0.2, -0.15) is 5.26 Å². The molecule has 0 spiro atoms. The average Bonchev–Trinajstić information content (AvgIpc) is 2.59. The maximum Gasteiger partial charge on any atom is 0.191 e. The van der Waals surface area contributed by atoms with Crippen molar-refractivity contribution < 1.29 is 0 Å². The fourth-order valence-corrected chi connectivity index (χ4v) is 2.94. The minimum atomic E-state index is 0. The van der Waals surface area contributed by atoms with E-state index in [0.29, 0.717) is 18.2 Å². The lowest BCUT2D eigenvalue weighted by Gasteiger charge is -2.33. The Morgan fingerprint density at radius 3 is 2.72 bits per heavy atom. The van der Waals surface area contributed by atoms with Crippen LogP contribution in [0.2, 0.25) is 0 Å². The van der Waals surface area contributed by atoms with Gasteiger partial charge in [-0.15, -0.1) is 24.0 Å². The van der Waals surface area contributed by atoms with Crippen molar-refractivity contribution in [1.82, 2.24) is 15.5 Å². The molecule has 25 heavy (non-hydrogen) atoms. The number of guanidine groups is 1. The Morgan fingerprint density at radius 1 is 1.40 bits per heavy atom. The number of piperidine rings is 1. The fraction of sp³-hybridized carbons (Fsp3) is 0.474. The Balaban J connectivity index is 0.00000312. The lowest BCUT2D eigenvalue weighted by molar-refractivity contribution is 0.221. The second-order valence-corrected chi connectivity index (χ2v) is 6.39. The third kappa shape index (κ3) is 7.45. The Bertz CT molecular complexity index is 627. The van der Waals surface area contributed by atoms with E-state index in [0.717, 1.165) is 44.0 Å². The third-order valence-corrected chi connectivity index (χ3v) is 4.16. The minimum absolute atomic E-state index is 0. The molecule has 1 aliphatic heterocycles. The fourth-order valence-electron chi connectivity index (χ4n) is 2.94. The number of nitrogens with zero attached hydrogens (tertiary/aromatic N) is 3. The van der Waals surface area contributed by atoms with Gasteiger partial charge in [0.15, 0.2) is 5.96 Å². The van der Waals surface area contributed by atoms with Crippen molar-refractivity contribution >= 4 is 29.9 Å².